The van der Waals surface area contributed by atoms with Gasteiger partial charge in [-0.1, -0.05) is 81.8 Å². The van der Waals surface area contributed by atoms with Crippen molar-refractivity contribution in [2.24, 2.45) is 40.4 Å². The normalized spacial score (nSPS) is 33.0. The Balaban J connectivity index is 0.981. The number of Topliss-reactive ketones (excluding diaryl/α,β-unsaturated/α-hetero) is 1. The maximum absolute atomic E-state index is 13.5. The number of ether oxygens (including phenoxy) is 2. The lowest BCUT2D eigenvalue weighted by Gasteiger charge is -2.58. The predicted octanol–water partition coefficient (Wildman–Crippen LogP) is 8.63. The summed E-state index contributed by atoms with van der Waals surface area (Å²) >= 11 is 0. The van der Waals surface area contributed by atoms with Crippen LogP contribution in [0.3, 0.4) is 0 Å². The molecule has 0 bridgehead atoms. The summed E-state index contributed by atoms with van der Waals surface area (Å²) in [7, 11) is 0. The molecule has 0 radical (unpaired) electrons. The average molecular weight is 638 g/mol. The van der Waals surface area contributed by atoms with Gasteiger partial charge >= 0.3 is 12.1 Å². The highest BCUT2D eigenvalue weighted by Crippen LogP contribution is 2.66. The SMILES string of the molecule is CC(=O)[C@H]1CCC2C3CCC4=C[C@@H](OC(=O)[C@@H](NC(=O)OCC5c6ccccc6-c6ccccc65)C(C)C)CC[C@]4(C)C3CC[C@@]21C. The van der Waals surface area contributed by atoms with E-state index in [2.05, 4.69) is 49.5 Å². The molecule has 3 unspecified atom stereocenters. The summed E-state index contributed by atoms with van der Waals surface area (Å²) in [5.41, 5.74) is 6.38. The first-order valence-electron chi connectivity index (χ1n) is 18.0. The Hall–Kier alpha value is -3.41. The van der Waals surface area contributed by atoms with Crippen molar-refractivity contribution in [3.05, 3.63) is 71.3 Å². The molecule has 0 aliphatic heterocycles. The Labute approximate surface area is 280 Å². The number of nitrogens with one attached hydrogen (secondary N) is 1. The third kappa shape index (κ3) is 5.44. The first-order valence-corrected chi connectivity index (χ1v) is 18.0. The zero-order valence-electron chi connectivity index (χ0n) is 28.7. The second-order valence-electron chi connectivity index (χ2n) is 16.0. The van der Waals surface area contributed by atoms with Crippen molar-refractivity contribution in [1.29, 1.82) is 0 Å². The molecule has 0 spiro atoms. The van der Waals surface area contributed by atoms with Gasteiger partial charge in [-0.3, -0.25) is 4.79 Å². The van der Waals surface area contributed by atoms with E-state index in [9.17, 15) is 14.4 Å². The predicted molar refractivity (Wildman–Crippen MR) is 183 cm³/mol. The number of benzene rings is 2. The molecule has 6 heteroatoms. The van der Waals surface area contributed by atoms with E-state index in [1.807, 2.05) is 38.1 Å². The molecule has 2 aromatic carbocycles. The first-order chi connectivity index (χ1) is 22.5. The zero-order chi connectivity index (χ0) is 33.1. The van der Waals surface area contributed by atoms with Crippen molar-refractivity contribution >= 4 is 17.8 Å². The number of hydrogen-bond donors (Lipinski definition) is 1. The highest BCUT2D eigenvalue weighted by molar-refractivity contribution is 5.82. The fraction of sp³-hybridized carbons (Fsp3) is 0.585. The van der Waals surface area contributed by atoms with Crippen LogP contribution in [0.15, 0.2) is 60.2 Å². The van der Waals surface area contributed by atoms with Crippen molar-refractivity contribution < 1.29 is 23.9 Å². The molecule has 3 fully saturated rings. The molecule has 47 heavy (non-hydrogen) atoms. The second kappa shape index (κ2) is 12.2. The van der Waals surface area contributed by atoms with E-state index in [-0.39, 0.29) is 41.3 Å². The van der Waals surface area contributed by atoms with Crippen LogP contribution in [0.2, 0.25) is 0 Å². The number of carbonyl (C=O) groups excluding carboxylic acids is 3. The van der Waals surface area contributed by atoms with Gasteiger partial charge in [0.2, 0.25) is 0 Å². The van der Waals surface area contributed by atoms with Crippen LogP contribution < -0.4 is 5.32 Å². The molecule has 8 atom stereocenters. The van der Waals surface area contributed by atoms with Crippen LogP contribution in [-0.2, 0) is 19.1 Å². The molecule has 0 heterocycles. The summed E-state index contributed by atoms with van der Waals surface area (Å²) in [5, 5.41) is 2.83. The van der Waals surface area contributed by atoms with Crippen molar-refractivity contribution in [1.82, 2.24) is 5.32 Å². The molecular formula is C41H51NO5. The van der Waals surface area contributed by atoms with E-state index in [0.29, 0.717) is 23.5 Å². The minimum absolute atomic E-state index is 0.0435. The van der Waals surface area contributed by atoms with E-state index in [1.165, 1.54) is 29.5 Å². The Morgan fingerprint density at radius 2 is 1.55 bits per heavy atom. The van der Waals surface area contributed by atoms with E-state index >= 15 is 0 Å². The zero-order valence-corrected chi connectivity index (χ0v) is 28.7. The Kier molecular flexibility index (Phi) is 8.37. The van der Waals surface area contributed by atoms with Gasteiger partial charge in [0, 0.05) is 11.8 Å². The van der Waals surface area contributed by atoms with Gasteiger partial charge in [-0.2, -0.15) is 0 Å². The number of fused-ring (bicyclic) bond motifs is 8. The quantitative estimate of drug-likeness (QED) is 0.243. The Morgan fingerprint density at radius 1 is 0.872 bits per heavy atom. The van der Waals surface area contributed by atoms with Gasteiger partial charge in [-0.05, 0) is 121 Å². The molecule has 6 nitrogen and oxygen atoms in total. The molecule has 0 aromatic heterocycles. The lowest BCUT2D eigenvalue weighted by Crippen LogP contribution is -2.51. The second-order valence-corrected chi connectivity index (χ2v) is 16.0. The molecule has 3 saturated carbocycles. The first kappa shape index (κ1) is 32.2. The van der Waals surface area contributed by atoms with Crippen molar-refractivity contribution in [3.8, 4) is 11.1 Å². The number of alkyl carbamates (subject to hydrolysis) is 1. The third-order valence-corrected chi connectivity index (χ3v) is 13.4. The topological polar surface area (TPSA) is 81.7 Å². The van der Waals surface area contributed by atoms with Gasteiger partial charge in [0.25, 0.3) is 0 Å². The van der Waals surface area contributed by atoms with Crippen LogP contribution in [0.1, 0.15) is 103 Å². The van der Waals surface area contributed by atoms with E-state index in [1.54, 1.807) is 6.92 Å². The molecule has 0 saturated heterocycles. The fourth-order valence-corrected chi connectivity index (χ4v) is 10.9. The minimum Gasteiger partial charge on any atom is -0.457 e. The van der Waals surface area contributed by atoms with Gasteiger partial charge in [-0.15, -0.1) is 0 Å². The van der Waals surface area contributed by atoms with Crippen molar-refractivity contribution in [2.75, 3.05) is 6.61 Å². The van der Waals surface area contributed by atoms with Gasteiger partial charge in [0.15, 0.2) is 0 Å². The number of hydrogen-bond acceptors (Lipinski definition) is 5. The summed E-state index contributed by atoms with van der Waals surface area (Å²) in [6, 6.07) is 15.7. The van der Waals surface area contributed by atoms with Crippen LogP contribution >= 0.6 is 0 Å². The molecule has 250 valence electrons. The summed E-state index contributed by atoms with van der Waals surface area (Å²) in [5.74, 6) is 1.95. The van der Waals surface area contributed by atoms with Crippen molar-refractivity contribution in [3.63, 3.8) is 0 Å². The number of rotatable bonds is 7. The maximum Gasteiger partial charge on any atom is 0.407 e. The van der Waals surface area contributed by atoms with E-state index in [4.69, 9.17) is 9.47 Å². The summed E-state index contributed by atoms with van der Waals surface area (Å²) in [6.45, 7) is 10.7. The summed E-state index contributed by atoms with van der Waals surface area (Å²) < 4.78 is 11.9. The van der Waals surface area contributed by atoms with Crippen LogP contribution in [0.25, 0.3) is 11.1 Å². The van der Waals surface area contributed by atoms with Crippen LogP contribution in [0, 0.1) is 40.4 Å². The average Bonchev–Trinajstić information content (AvgIpc) is 3.57. The molecule has 1 N–H and O–H groups in total. The monoisotopic (exact) mass is 637 g/mol. The standard InChI is InChI=1S/C41H51NO5/c1-24(2)37(42-39(45)46-23-33-30-12-8-6-10-28(30)29-11-7-9-13-31(29)33)38(44)47-27-18-20-40(4)26(22-27)14-15-32-35-17-16-34(25(3)43)41(35,5)21-19-36(32)40/h6-13,22,24,27,32-37H,14-21,23H2,1-5H3,(H,42,45)/t27-,32?,34+,35?,36?,37-,40-,41+/m0/s1. The molecule has 1 amide bonds. The largest absolute Gasteiger partial charge is 0.457 e. The van der Waals surface area contributed by atoms with Crippen molar-refractivity contribution in [2.45, 2.75) is 104 Å². The number of amides is 1. The Bertz CT molecular complexity index is 1550. The molecular weight excluding hydrogens is 586 g/mol. The molecule has 5 aliphatic rings. The van der Waals surface area contributed by atoms with Gasteiger partial charge in [0.1, 0.15) is 24.5 Å². The van der Waals surface area contributed by atoms with E-state index < -0.39 is 18.1 Å². The molecule has 5 aliphatic carbocycles. The third-order valence-electron chi connectivity index (χ3n) is 13.4. The highest BCUT2D eigenvalue weighted by atomic mass is 16.6. The van der Waals surface area contributed by atoms with Gasteiger partial charge in [0.05, 0.1) is 0 Å². The number of carbonyl (C=O) groups is 3. The lowest BCUT2D eigenvalue weighted by molar-refractivity contribution is -0.152. The number of ketones is 1. The van der Waals surface area contributed by atoms with Gasteiger partial charge < -0.3 is 14.8 Å². The summed E-state index contributed by atoms with van der Waals surface area (Å²) in [6.07, 6.45) is 9.91. The fourth-order valence-electron chi connectivity index (χ4n) is 10.9. The number of esters is 1. The smallest absolute Gasteiger partial charge is 0.407 e. The molecule has 2 aromatic rings. The lowest BCUT2D eigenvalue weighted by atomic mass is 9.46. The minimum atomic E-state index is -0.791. The van der Waals surface area contributed by atoms with Crippen LogP contribution in [0.5, 0.6) is 0 Å². The van der Waals surface area contributed by atoms with Crippen LogP contribution in [0.4, 0.5) is 4.79 Å². The highest BCUT2D eigenvalue weighted by Gasteiger charge is 2.59. The van der Waals surface area contributed by atoms with E-state index in [0.717, 1.165) is 49.7 Å². The van der Waals surface area contributed by atoms with Gasteiger partial charge in [-0.25, -0.2) is 9.59 Å². The molecule has 7 rings (SSSR count). The summed E-state index contributed by atoms with van der Waals surface area (Å²) in [4.78, 5) is 39.1. The van der Waals surface area contributed by atoms with Crippen LogP contribution in [-0.4, -0.2) is 36.6 Å². The Morgan fingerprint density at radius 3 is 2.21 bits per heavy atom. The maximum atomic E-state index is 13.5. The number of allylic oxidation sites excluding steroid dienone is 1.